The van der Waals surface area contributed by atoms with Gasteiger partial charge in [-0.15, -0.1) is 12.3 Å². The van der Waals surface area contributed by atoms with E-state index in [9.17, 15) is 4.79 Å². The third-order valence-electron chi connectivity index (χ3n) is 2.90. The molecule has 88 valence electrons. The minimum Gasteiger partial charge on any atom is -0.349 e. The van der Waals surface area contributed by atoms with E-state index in [1.807, 2.05) is 25.1 Å². The van der Waals surface area contributed by atoms with Crippen molar-refractivity contribution in [3.63, 3.8) is 0 Å². The third kappa shape index (κ3) is 2.66. The van der Waals surface area contributed by atoms with Crippen LogP contribution in [0.5, 0.6) is 0 Å². The fraction of sp³-hybridized carbons (Fsp3) is 0.357. The van der Waals surface area contributed by atoms with Crippen molar-refractivity contribution < 1.29 is 4.79 Å². The second-order valence-corrected chi connectivity index (χ2v) is 4.37. The first-order chi connectivity index (χ1) is 8.20. The molecular weight excluding hydrogens is 212 g/mol. The van der Waals surface area contributed by atoms with E-state index >= 15 is 0 Å². The lowest BCUT2D eigenvalue weighted by Crippen LogP contribution is -2.32. The lowest BCUT2D eigenvalue weighted by Gasteiger charge is -2.11. The van der Waals surface area contributed by atoms with Crippen LogP contribution in [0, 0.1) is 12.3 Å². The molecule has 1 aromatic carbocycles. The van der Waals surface area contributed by atoms with Crippen LogP contribution in [0.3, 0.4) is 0 Å². The van der Waals surface area contributed by atoms with Gasteiger partial charge in [0.1, 0.15) is 0 Å². The van der Waals surface area contributed by atoms with Crippen LogP contribution >= 0.6 is 0 Å². The Balaban J connectivity index is 2.07. The predicted molar refractivity (Wildman–Crippen MR) is 67.4 cm³/mol. The quantitative estimate of drug-likeness (QED) is 0.768. The normalized spacial score (nSPS) is 14.8. The lowest BCUT2D eigenvalue weighted by atomic mass is 10.1. The van der Waals surface area contributed by atoms with E-state index in [2.05, 4.69) is 16.6 Å². The first-order valence-electron chi connectivity index (χ1n) is 5.77. The Bertz CT molecular complexity index is 474. The number of benzene rings is 1. The highest BCUT2D eigenvalue weighted by Crippen LogP contribution is 2.17. The summed E-state index contributed by atoms with van der Waals surface area (Å²) in [5, 5.41) is 6.14. The maximum absolute atomic E-state index is 11.9. The first-order valence-corrected chi connectivity index (χ1v) is 5.77. The minimum absolute atomic E-state index is 0.0129. The van der Waals surface area contributed by atoms with Gasteiger partial charge in [0.25, 0.3) is 5.91 Å². The van der Waals surface area contributed by atoms with Crippen molar-refractivity contribution in [2.24, 2.45) is 0 Å². The number of carbonyl (C=O) groups excluding carboxylic acids is 1. The van der Waals surface area contributed by atoms with Crippen LogP contribution in [0.1, 0.15) is 34.8 Å². The molecule has 17 heavy (non-hydrogen) atoms. The van der Waals surface area contributed by atoms with Gasteiger partial charge in [0, 0.05) is 31.1 Å². The summed E-state index contributed by atoms with van der Waals surface area (Å²) >= 11 is 0. The summed E-state index contributed by atoms with van der Waals surface area (Å²) in [5.41, 5.74) is 3.19. The molecule has 0 aliphatic carbocycles. The Kier molecular flexibility index (Phi) is 3.46. The van der Waals surface area contributed by atoms with Gasteiger partial charge in [-0.05, 0) is 30.2 Å². The van der Waals surface area contributed by atoms with E-state index in [1.54, 1.807) is 0 Å². The van der Waals surface area contributed by atoms with Gasteiger partial charge in [0.15, 0.2) is 0 Å². The van der Waals surface area contributed by atoms with Crippen molar-refractivity contribution in [3.05, 3.63) is 34.9 Å². The number of rotatable bonds is 3. The molecule has 1 atom stereocenters. The number of carbonyl (C=O) groups is 1. The zero-order valence-corrected chi connectivity index (χ0v) is 9.92. The Labute approximate surface area is 102 Å². The van der Waals surface area contributed by atoms with Crippen LogP contribution in [0.25, 0.3) is 0 Å². The summed E-state index contributed by atoms with van der Waals surface area (Å²) in [4.78, 5) is 11.9. The van der Waals surface area contributed by atoms with Gasteiger partial charge in [-0.25, -0.2) is 0 Å². The molecule has 1 unspecified atom stereocenters. The maximum Gasteiger partial charge on any atom is 0.251 e. The molecule has 0 aromatic heterocycles. The highest BCUT2D eigenvalue weighted by Gasteiger charge is 2.14. The Morgan fingerprint density at radius 2 is 2.29 bits per heavy atom. The largest absolute Gasteiger partial charge is 0.349 e. The molecular formula is C14H16N2O. The molecule has 2 rings (SSSR count). The highest BCUT2D eigenvalue weighted by atomic mass is 16.1. The van der Waals surface area contributed by atoms with Crippen LogP contribution in [0.15, 0.2) is 18.2 Å². The first kappa shape index (κ1) is 11.7. The van der Waals surface area contributed by atoms with Crippen LogP contribution in [0.2, 0.25) is 0 Å². The van der Waals surface area contributed by atoms with Gasteiger partial charge in [-0.3, -0.25) is 4.79 Å². The molecule has 3 heteroatoms. The standard InChI is InChI=1S/C14H16N2O/c1-3-4-10(2)16-14(17)11-5-6-12-8-15-9-13(12)7-11/h1,5-7,10,15H,4,8-9H2,2H3,(H,16,17). The Morgan fingerprint density at radius 1 is 1.53 bits per heavy atom. The number of amides is 1. The summed E-state index contributed by atoms with van der Waals surface area (Å²) < 4.78 is 0. The average molecular weight is 228 g/mol. The van der Waals surface area contributed by atoms with E-state index in [0.29, 0.717) is 12.0 Å². The molecule has 3 nitrogen and oxygen atoms in total. The number of hydrogen-bond acceptors (Lipinski definition) is 2. The number of nitrogens with one attached hydrogen (secondary N) is 2. The molecule has 0 spiro atoms. The van der Waals surface area contributed by atoms with Crippen molar-refractivity contribution in [2.45, 2.75) is 32.5 Å². The van der Waals surface area contributed by atoms with Gasteiger partial charge in [0.2, 0.25) is 0 Å². The monoisotopic (exact) mass is 228 g/mol. The number of terminal acetylenes is 1. The van der Waals surface area contributed by atoms with E-state index < -0.39 is 0 Å². The molecule has 0 saturated heterocycles. The van der Waals surface area contributed by atoms with Crippen LogP contribution < -0.4 is 10.6 Å². The van der Waals surface area contributed by atoms with Gasteiger partial charge >= 0.3 is 0 Å². The molecule has 2 N–H and O–H groups in total. The van der Waals surface area contributed by atoms with Gasteiger partial charge in [-0.2, -0.15) is 0 Å². The molecule has 1 heterocycles. The van der Waals surface area contributed by atoms with Crippen LogP contribution in [-0.2, 0) is 13.1 Å². The summed E-state index contributed by atoms with van der Waals surface area (Å²) in [6.45, 7) is 3.65. The predicted octanol–water partition coefficient (Wildman–Crippen LogP) is 1.43. The summed E-state index contributed by atoms with van der Waals surface area (Å²) in [5.74, 6) is 2.49. The van der Waals surface area contributed by atoms with Crippen molar-refractivity contribution >= 4 is 5.91 Å². The molecule has 1 aliphatic heterocycles. The van der Waals surface area contributed by atoms with Crippen LogP contribution in [0.4, 0.5) is 0 Å². The smallest absolute Gasteiger partial charge is 0.251 e. The molecule has 0 bridgehead atoms. The highest BCUT2D eigenvalue weighted by molar-refractivity contribution is 5.94. The van der Waals surface area contributed by atoms with Crippen molar-refractivity contribution in [1.82, 2.24) is 10.6 Å². The third-order valence-corrected chi connectivity index (χ3v) is 2.90. The summed E-state index contributed by atoms with van der Waals surface area (Å²) in [7, 11) is 0. The second kappa shape index (κ2) is 5.03. The van der Waals surface area contributed by atoms with Crippen molar-refractivity contribution in [2.75, 3.05) is 0 Å². The SMILES string of the molecule is C#CCC(C)NC(=O)c1ccc2c(c1)CNC2. The van der Waals surface area contributed by atoms with E-state index in [-0.39, 0.29) is 11.9 Å². The Hall–Kier alpha value is -1.79. The second-order valence-electron chi connectivity index (χ2n) is 4.37. The minimum atomic E-state index is -0.0533. The molecule has 1 aromatic rings. The van der Waals surface area contributed by atoms with Gasteiger partial charge in [0.05, 0.1) is 0 Å². The summed E-state index contributed by atoms with van der Waals surface area (Å²) in [6.07, 6.45) is 5.76. The lowest BCUT2D eigenvalue weighted by molar-refractivity contribution is 0.0941. The zero-order chi connectivity index (χ0) is 12.3. The summed E-state index contributed by atoms with van der Waals surface area (Å²) in [6, 6.07) is 5.84. The van der Waals surface area contributed by atoms with Gasteiger partial charge in [-0.1, -0.05) is 6.07 Å². The molecule has 0 saturated carbocycles. The molecule has 0 fully saturated rings. The molecule has 1 aliphatic rings. The van der Waals surface area contributed by atoms with Crippen molar-refractivity contribution in [1.29, 1.82) is 0 Å². The van der Waals surface area contributed by atoms with E-state index in [0.717, 1.165) is 13.1 Å². The number of hydrogen-bond donors (Lipinski definition) is 2. The topological polar surface area (TPSA) is 41.1 Å². The maximum atomic E-state index is 11.9. The fourth-order valence-corrected chi connectivity index (χ4v) is 1.97. The number of fused-ring (bicyclic) bond motifs is 1. The van der Waals surface area contributed by atoms with Crippen LogP contribution in [-0.4, -0.2) is 11.9 Å². The average Bonchev–Trinajstić information content (AvgIpc) is 2.75. The van der Waals surface area contributed by atoms with Gasteiger partial charge < -0.3 is 10.6 Å². The van der Waals surface area contributed by atoms with E-state index in [1.165, 1.54) is 11.1 Å². The molecule has 0 radical (unpaired) electrons. The zero-order valence-electron chi connectivity index (χ0n) is 9.92. The Morgan fingerprint density at radius 3 is 3.06 bits per heavy atom. The van der Waals surface area contributed by atoms with Crippen molar-refractivity contribution in [3.8, 4) is 12.3 Å². The fourth-order valence-electron chi connectivity index (χ4n) is 1.97. The van der Waals surface area contributed by atoms with E-state index in [4.69, 9.17) is 6.42 Å². The molecule has 1 amide bonds.